The van der Waals surface area contributed by atoms with Crippen LogP contribution in [0.2, 0.25) is 0 Å². The molecule has 0 fully saturated rings. The van der Waals surface area contributed by atoms with Crippen molar-refractivity contribution >= 4 is 22.3 Å². The highest BCUT2D eigenvalue weighted by Crippen LogP contribution is 2.32. The Hall–Kier alpha value is -1.94. The van der Waals surface area contributed by atoms with Crippen molar-refractivity contribution < 1.29 is 9.57 Å². The number of pyridine rings is 1. The van der Waals surface area contributed by atoms with E-state index in [1.165, 1.54) is 16.7 Å². The first-order valence-electron chi connectivity index (χ1n) is 6.50. The van der Waals surface area contributed by atoms with Crippen LogP contribution in [0.3, 0.4) is 0 Å². The average molecular weight is 256 g/mol. The first-order chi connectivity index (χ1) is 9.24. The van der Waals surface area contributed by atoms with Gasteiger partial charge in [-0.15, -0.1) is 0 Å². The van der Waals surface area contributed by atoms with Gasteiger partial charge in [0.25, 0.3) is 5.52 Å². The zero-order valence-electron chi connectivity index (χ0n) is 11.5. The van der Waals surface area contributed by atoms with Crippen molar-refractivity contribution in [1.29, 1.82) is 0 Å². The maximum Gasteiger partial charge on any atom is 0.265 e. The van der Waals surface area contributed by atoms with Gasteiger partial charge < -0.3 is 5.32 Å². The molecule has 0 unspecified atom stereocenters. The summed E-state index contributed by atoms with van der Waals surface area (Å²) in [5.74, 6) is 0. The molecule has 0 bridgehead atoms. The number of hydrogen-bond acceptors (Lipinski definition) is 3. The summed E-state index contributed by atoms with van der Waals surface area (Å²) in [6.07, 6.45) is 2.82. The lowest BCUT2D eigenvalue weighted by Gasteiger charge is -2.08. The van der Waals surface area contributed by atoms with Crippen molar-refractivity contribution in [1.82, 2.24) is 5.32 Å². The molecule has 3 rings (SSSR count). The molecular formula is C15H18N3O+. The standard InChI is InChI=1S/C15H18N3O/c1-10(16-2)14-9-12-11-5-4-8-18(19-3)15(11)7-6-13(12)17-14/h4-8,10,16H,9H2,1-3H3/q+1/t10-/m1/s1. The number of nitrogens with zero attached hydrogens (tertiary/aromatic N) is 2. The normalized spacial score (nSPS) is 15.2. The first kappa shape index (κ1) is 12.1. The Labute approximate surface area is 112 Å². The number of aliphatic imine (C=N–C) groups is 1. The molecule has 1 aliphatic heterocycles. The van der Waals surface area contributed by atoms with E-state index in [4.69, 9.17) is 9.83 Å². The van der Waals surface area contributed by atoms with Gasteiger partial charge in [0.2, 0.25) is 6.20 Å². The molecule has 1 aromatic heterocycles. The molecule has 0 saturated heterocycles. The lowest BCUT2D eigenvalue weighted by atomic mass is 10.0. The van der Waals surface area contributed by atoms with Crippen LogP contribution >= 0.6 is 0 Å². The Morgan fingerprint density at radius 1 is 1.37 bits per heavy atom. The van der Waals surface area contributed by atoms with Gasteiger partial charge in [-0.2, -0.15) is 0 Å². The Kier molecular flexibility index (Phi) is 2.95. The second-order valence-corrected chi connectivity index (χ2v) is 4.80. The van der Waals surface area contributed by atoms with E-state index in [9.17, 15) is 0 Å². The van der Waals surface area contributed by atoms with Gasteiger partial charge in [-0.3, -0.25) is 9.83 Å². The number of nitrogens with one attached hydrogen (secondary N) is 1. The third kappa shape index (κ3) is 1.88. The van der Waals surface area contributed by atoms with Crippen LogP contribution < -0.4 is 14.9 Å². The van der Waals surface area contributed by atoms with Gasteiger partial charge >= 0.3 is 0 Å². The maximum atomic E-state index is 5.35. The fraction of sp³-hybridized carbons (Fsp3) is 0.333. The van der Waals surface area contributed by atoms with E-state index < -0.39 is 0 Å². The Bertz CT molecular complexity index is 664. The summed E-state index contributed by atoms with van der Waals surface area (Å²) in [5.41, 5.74) is 4.65. The van der Waals surface area contributed by atoms with E-state index >= 15 is 0 Å². The molecule has 1 atom stereocenters. The minimum atomic E-state index is 0.306. The van der Waals surface area contributed by atoms with Crippen LogP contribution in [0, 0.1) is 0 Å². The highest BCUT2D eigenvalue weighted by molar-refractivity contribution is 6.02. The Balaban J connectivity index is 2.12. The molecule has 1 aromatic carbocycles. The molecule has 4 nitrogen and oxygen atoms in total. The quantitative estimate of drug-likeness (QED) is 0.843. The summed E-state index contributed by atoms with van der Waals surface area (Å²) in [6.45, 7) is 2.14. The Morgan fingerprint density at radius 2 is 2.21 bits per heavy atom. The monoisotopic (exact) mass is 256 g/mol. The molecule has 2 heterocycles. The van der Waals surface area contributed by atoms with E-state index in [1.54, 1.807) is 11.8 Å². The summed E-state index contributed by atoms with van der Waals surface area (Å²) in [5, 5.41) is 4.46. The number of hydrogen-bond donors (Lipinski definition) is 1. The minimum absolute atomic E-state index is 0.306. The van der Waals surface area contributed by atoms with Crippen LogP contribution in [0.5, 0.6) is 0 Å². The van der Waals surface area contributed by atoms with Gasteiger partial charge in [-0.25, -0.2) is 0 Å². The highest BCUT2D eigenvalue weighted by atomic mass is 16.6. The minimum Gasteiger partial charge on any atom is -0.312 e. The molecular weight excluding hydrogens is 238 g/mol. The molecule has 1 aliphatic rings. The van der Waals surface area contributed by atoms with Crippen LogP contribution in [0.4, 0.5) is 5.69 Å². The first-order valence-corrected chi connectivity index (χ1v) is 6.50. The summed E-state index contributed by atoms with van der Waals surface area (Å²) in [4.78, 5) is 10.1. The molecule has 0 radical (unpaired) electrons. The number of rotatable bonds is 3. The largest absolute Gasteiger partial charge is 0.312 e. The summed E-state index contributed by atoms with van der Waals surface area (Å²) < 4.78 is 1.79. The molecule has 0 saturated carbocycles. The van der Waals surface area contributed by atoms with Crippen LogP contribution in [0.25, 0.3) is 10.9 Å². The number of benzene rings is 1. The molecule has 2 aromatic rings. The van der Waals surface area contributed by atoms with Gasteiger partial charge in [-0.05, 0) is 31.7 Å². The predicted octanol–water partition coefficient (Wildman–Crippen LogP) is 1.42. The van der Waals surface area contributed by atoms with E-state index in [1.807, 2.05) is 19.3 Å². The second kappa shape index (κ2) is 4.63. The van der Waals surface area contributed by atoms with Gasteiger partial charge in [0.15, 0.2) is 0 Å². The number of fused-ring (bicyclic) bond motifs is 3. The summed E-state index contributed by atoms with van der Waals surface area (Å²) >= 11 is 0. The fourth-order valence-electron chi connectivity index (χ4n) is 2.56. The maximum absolute atomic E-state index is 5.35. The lowest BCUT2D eigenvalue weighted by Crippen LogP contribution is -2.40. The summed E-state index contributed by atoms with van der Waals surface area (Å²) in [7, 11) is 3.64. The van der Waals surface area contributed by atoms with E-state index in [-0.39, 0.29) is 0 Å². The highest BCUT2D eigenvalue weighted by Gasteiger charge is 2.23. The molecule has 4 heteroatoms. The topological polar surface area (TPSA) is 37.5 Å². The average Bonchev–Trinajstić information content (AvgIpc) is 2.90. The van der Waals surface area contributed by atoms with Gasteiger partial charge in [0, 0.05) is 35.0 Å². The van der Waals surface area contributed by atoms with Crippen molar-refractivity contribution in [3.63, 3.8) is 0 Å². The Morgan fingerprint density at radius 3 is 2.95 bits per heavy atom. The van der Waals surface area contributed by atoms with E-state index in [0.717, 1.165) is 17.6 Å². The smallest absolute Gasteiger partial charge is 0.265 e. The third-order valence-corrected chi connectivity index (χ3v) is 3.78. The zero-order valence-corrected chi connectivity index (χ0v) is 11.5. The fourth-order valence-corrected chi connectivity index (χ4v) is 2.56. The van der Waals surface area contributed by atoms with Gasteiger partial charge in [0.1, 0.15) is 7.11 Å². The van der Waals surface area contributed by atoms with Crippen LogP contribution in [-0.4, -0.2) is 25.9 Å². The van der Waals surface area contributed by atoms with Gasteiger partial charge in [-0.1, -0.05) is 0 Å². The van der Waals surface area contributed by atoms with E-state index in [0.29, 0.717) is 6.04 Å². The summed E-state index contributed by atoms with van der Waals surface area (Å²) in [6, 6.07) is 8.58. The predicted molar refractivity (Wildman–Crippen MR) is 76.0 cm³/mol. The van der Waals surface area contributed by atoms with Crippen LogP contribution in [0.1, 0.15) is 12.5 Å². The van der Waals surface area contributed by atoms with E-state index in [2.05, 4.69) is 30.4 Å². The molecule has 0 amide bonds. The molecule has 1 N–H and O–H groups in total. The third-order valence-electron chi connectivity index (χ3n) is 3.78. The molecule has 98 valence electrons. The molecule has 0 aliphatic carbocycles. The van der Waals surface area contributed by atoms with Crippen LogP contribution in [-0.2, 0) is 6.42 Å². The van der Waals surface area contributed by atoms with Crippen molar-refractivity contribution in [2.24, 2.45) is 4.99 Å². The zero-order chi connectivity index (χ0) is 13.4. The van der Waals surface area contributed by atoms with Crippen molar-refractivity contribution in [2.45, 2.75) is 19.4 Å². The number of aromatic nitrogens is 1. The SMILES string of the molecule is CN[C@H](C)C1=Nc2ccc3c(ccc[n+]3OC)c2C1. The lowest BCUT2D eigenvalue weighted by molar-refractivity contribution is -0.865. The van der Waals surface area contributed by atoms with Gasteiger partial charge in [0.05, 0.1) is 11.1 Å². The molecule has 19 heavy (non-hydrogen) atoms. The van der Waals surface area contributed by atoms with Crippen molar-refractivity contribution in [2.75, 3.05) is 14.2 Å². The van der Waals surface area contributed by atoms with Crippen molar-refractivity contribution in [3.8, 4) is 0 Å². The van der Waals surface area contributed by atoms with Crippen molar-refractivity contribution in [3.05, 3.63) is 36.0 Å². The second-order valence-electron chi connectivity index (χ2n) is 4.80. The van der Waals surface area contributed by atoms with Crippen LogP contribution in [0.15, 0.2) is 35.5 Å². The molecule has 0 spiro atoms.